The van der Waals surface area contributed by atoms with Crippen LogP contribution in [0.3, 0.4) is 0 Å². The summed E-state index contributed by atoms with van der Waals surface area (Å²) < 4.78 is 0.732. The van der Waals surface area contributed by atoms with E-state index in [4.69, 9.17) is 16.7 Å². The maximum Gasteiger partial charge on any atom is 0.307 e. The van der Waals surface area contributed by atoms with Crippen molar-refractivity contribution in [1.29, 1.82) is 0 Å². The minimum Gasteiger partial charge on any atom is -0.481 e. The van der Waals surface area contributed by atoms with Gasteiger partial charge in [0.25, 0.3) is 0 Å². The van der Waals surface area contributed by atoms with Gasteiger partial charge in [-0.05, 0) is 24.0 Å². The summed E-state index contributed by atoms with van der Waals surface area (Å²) in [6.45, 7) is 4.14. The van der Waals surface area contributed by atoms with Crippen LogP contribution in [-0.2, 0) is 16.0 Å². The zero-order chi connectivity index (χ0) is 14.2. The molecule has 1 heterocycles. The normalized spacial score (nSPS) is 23.9. The lowest BCUT2D eigenvalue weighted by molar-refractivity contribution is -0.140. The zero-order valence-electron chi connectivity index (χ0n) is 10.8. The number of carbonyl (C=O) groups is 2. The molecule has 0 spiro atoms. The Balaban J connectivity index is 1.81. The molecular formula is C13H16ClNO3S. The number of aliphatic carboxylic acids is 1. The molecule has 2 N–H and O–H groups in total. The van der Waals surface area contributed by atoms with Crippen LogP contribution >= 0.6 is 22.9 Å². The van der Waals surface area contributed by atoms with Crippen molar-refractivity contribution in [1.82, 2.24) is 5.32 Å². The summed E-state index contributed by atoms with van der Waals surface area (Å²) in [6, 6.07) is 3.76. The Labute approximate surface area is 120 Å². The van der Waals surface area contributed by atoms with E-state index in [0.29, 0.717) is 13.0 Å². The molecule has 0 radical (unpaired) electrons. The lowest BCUT2D eigenvalue weighted by Gasteiger charge is -2.04. The summed E-state index contributed by atoms with van der Waals surface area (Å²) in [5, 5.41) is 11.8. The highest BCUT2D eigenvalue weighted by molar-refractivity contribution is 7.16. The standard InChI is InChI=1S/C13H16ClNO3S/c1-13(2)9(10(13)12(17)18)11(16)15-6-5-7-3-4-8(14)19-7/h3-4,9-10H,5-6H2,1-2H3,(H,15,16)(H,17,18)/t9-,10+/m1/s1. The van der Waals surface area contributed by atoms with Crippen LogP contribution in [0, 0.1) is 17.3 Å². The summed E-state index contributed by atoms with van der Waals surface area (Å²) in [4.78, 5) is 24.0. The van der Waals surface area contributed by atoms with Gasteiger partial charge in [-0.3, -0.25) is 9.59 Å². The number of carbonyl (C=O) groups excluding carboxylic acids is 1. The van der Waals surface area contributed by atoms with Crippen molar-refractivity contribution < 1.29 is 14.7 Å². The van der Waals surface area contributed by atoms with E-state index in [1.165, 1.54) is 11.3 Å². The molecule has 104 valence electrons. The first-order chi connectivity index (χ1) is 8.84. The molecule has 1 saturated carbocycles. The van der Waals surface area contributed by atoms with E-state index in [2.05, 4.69) is 5.32 Å². The average molecular weight is 302 g/mol. The number of thiophene rings is 1. The highest BCUT2D eigenvalue weighted by atomic mass is 35.5. The first kappa shape index (κ1) is 14.3. The van der Waals surface area contributed by atoms with E-state index < -0.39 is 23.2 Å². The van der Waals surface area contributed by atoms with Crippen LogP contribution < -0.4 is 5.32 Å². The second-order valence-corrected chi connectivity index (χ2v) is 7.16. The predicted molar refractivity (Wildman–Crippen MR) is 74.4 cm³/mol. The third-order valence-electron chi connectivity index (χ3n) is 3.68. The molecule has 1 amide bonds. The van der Waals surface area contributed by atoms with Crippen LogP contribution in [0.25, 0.3) is 0 Å². The Bertz CT molecular complexity index is 512. The van der Waals surface area contributed by atoms with Gasteiger partial charge >= 0.3 is 5.97 Å². The Morgan fingerprint density at radius 3 is 2.58 bits per heavy atom. The molecule has 1 aliphatic carbocycles. The molecule has 1 aromatic rings. The highest BCUT2D eigenvalue weighted by Gasteiger charge is 2.65. The second-order valence-electron chi connectivity index (χ2n) is 5.36. The molecule has 1 fully saturated rings. The Hall–Kier alpha value is -1.07. The molecule has 0 bridgehead atoms. The Kier molecular flexibility index (Phi) is 3.87. The van der Waals surface area contributed by atoms with Gasteiger partial charge in [-0.1, -0.05) is 25.4 Å². The molecule has 6 heteroatoms. The van der Waals surface area contributed by atoms with Crippen LogP contribution in [0.15, 0.2) is 12.1 Å². The number of hydrogen-bond donors (Lipinski definition) is 2. The van der Waals surface area contributed by atoms with Gasteiger partial charge in [-0.25, -0.2) is 0 Å². The number of carboxylic acids is 1. The number of nitrogens with one attached hydrogen (secondary N) is 1. The van der Waals surface area contributed by atoms with Gasteiger partial charge in [0.05, 0.1) is 16.2 Å². The molecule has 4 nitrogen and oxygen atoms in total. The number of amides is 1. The fourth-order valence-electron chi connectivity index (χ4n) is 2.49. The lowest BCUT2D eigenvalue weighted by atomic mass is 10.1. The summed E-state index contributed by atoms with van der Waals surface area (Å²) >= 11 is 7.31. The van der Waals surface area contributed by atoms with E-state index in [0.717, 1.165) is 9.21 Å². The Morgan fingerprint density at radius 1 is 1.42 bits per heavy atom. The van der Waals surface area contributed by atoms with Crippen LogP contribution in [0.5, 0.6) is 0 Å². The highest BCUT2D eigenvalue weighted by Crippen LogP contribution is 2.58. The minimum absolute atomic E-state index is 0.167. The van der Waals surface area contributed by atoms with E-state index >= 15 is 0 Å². The molecule has 0 aliphatic heterocycles. The fraction of sp³-hybridized carbons (Fsp3) is 0.538. The van der Waals surface area contributed by atoms with Gasteiger partial charge in [-0.2, -0.15) is 0 Å². The topological polar surface area (TPSA) is 66.4 Å². The molecule has 1 aromatic heterocycles. The smallest absolute Gasteiger partial charge is 0.307 e. The number of hydrogen-bond acceptors (Lipinski definition) is 3. The average Bonchev–Trinajstić information content (AvgIpc) is 2.65. The van der Waals surface area contributed by atoms with Crippen molar-refractivity contribution >= 4 is 34.8 Å². The van der Waals surface area contributed by atoms with E-state index in [9.17, 15) is 9.59 Å². The van der Waals surface area contributed by atoms with Gasteiger partial charge in [0.2, 0.25) is 5.91 Å². The van der Waals surface area contributed by atoms with Gasteiger partial charge in [0, 0.05) is 11.4 Å². The molecule has 0 aromatic carbocycles. The van der Waals surface area contributed by atoms with E-state index in [-0.39, 0.29) is 5.91 Å². The predicted octanol–water partition coefficient (Wildman–Crippen LogP) is 2.42. The summed E-state index contributed by atoms with van der Waals surface area (Å²) in [5.41, 5.74) is -0.442. The summed E-state index contributed by atoms with van der Waals surface area (Å²) in [5.74, 6) is -2.05. The first-order valence-electron chi connectivity index (χ1n) is 6.08. The van der Waals surface area contributed by atoms with Crippen molar-refractivity contribution in [3.05, 3.63) is 21.3 Å². The monoisotopic (exact) mass is 301 g/mol. The molecule has 1 aliphatic rings. The number of halogens is 1. The molecular weight excluding hydrogens is 286 g/mol. The molecule has 2 rings (SSSR count). The molecule has 0 saturated heterocycles. The van der Waals surface area contributed by atoms with Crippen molar-refractivity contribution in [2.75, 3.05) is 6.54 Å². The second kappa shape index (κ2) is 5.13. The quantitative estimate of drug-likeness (QED) is 0.878. The van der Waals surface area contributed by atoms with Gasteiger partial charge in [0.1, 0.15) is 0 Å². The summed E-state index contributed by atoms with van der Waals surface area (Å²) in [6.07, 6.45) is 0.716. The van der Waals surface area contributed by atoms with Crippen LogP contribution in [0.2, 0.25) is 4.34 Å². The van der Waals surface area contributed by atoms with Crippen molar-refractivity contribution in [3.8, 4) is 0 Å². The maximum absolute atomic E-state index is 11.9. The first-order valence-corrected chi connectivity index (χ1v) is 7.28. The third-order valence-corrected chi connectivity index (χ3v) is 4.97. The van der Waals surface area contributed by atoms with Gasteiger partial charge in [0.15, 0.2) is 0 Å². The lowest BCUT2D eigenvalue weighted by Crippen LogP contribution is -2.29. The van der Waals surface area contributed by atoms with Crippen molar-refractivity contribution in [2.45, 2.75) is 20.3 Å². The fourth-order valence-corrected chi connectivity index (χ4v) is 3.58. The zero-order valence-corrected chi connectivity index (χ0v) is 12.3. The van der Waals surface area contributed by atoms with Crippen LogP contribution in [0.1, 0.15) is 18.7 Å². The summed E-state index contributed by atoms with van der Waals surface area (Å²) in [7, 11) is 0. The van der Waals surface area contributed by atoms with E-state index in [1.807, 2.05) is 26.0 Å². The number of rotatable bonds is 5. The van der Waals surface area contributed by atoms with Gasteiger partial charge in [-0.15, -0.1) is 11.3 Å². The third kappa shape index (κ3) is 2.92. The largest absolute Gasteiger partial charge is 0.481 e. The van der Waals surface area contributed by atoms with Crippen LogP contribution in [-0.4, -0.2) is 23.5 Å². The Morgan fingerprint density at radius 2 is 2.11 bits per heavy atom. The van der Waals surface area contributed by atoms with Crippen molar-refractivity contribution in [3.63, 3.8) is 0 Å². The molecule has 2 atom stereocenters. The molecule has 0 unspecified atom stereocenters. The minimum atomic E-state index is -0.893. The molecule has 19 heavy (non-hydrogen) atoms. The van der Waals surface area contributed by atoms with Gasteiger partial charge < -0.3 is 10.4 Å². The SMILES string of the molecule is CC1(C)[C@H](C(=O)O)[C@@H]1C(=O)NCCc1ccc(Cl)s1. The maximum atomic E-state index is 11.9. The van der Waals surface area contributed by atoms with Crippen LogP contribution in [0.4, 0.5) is 0 Å². The van der Waals surface area contributed by atoms with Crippen molar-refractivity contribution in [2.24, 2.45) is 17.3 Å². The van der Waals surface area contributed by atoms with E-state index in [1.54, 1.807) is 0 Å². The number of carboxylic acid groups (broad SMARTS) is 1.